The van der Waals surface area contributed by atoms with E-state index in [4.69, 9.17) is 4.42 Å². The van der Waals surface area contributed by atoms with Crippen molar-refractivity contribution in [2.75, 3.05) is 39.3 Å². The predicted octanol–water partition coefficient (Wildman–Crippen LogP) is 0.362. The van der Waals surface area contributed by atoms with Crippen molar-refractivity contribution in [3.8, 4) is 0 Å². The van der Waals surface area contributed by atoms with Crippen molar-refractivity contribution >= 4 is 5.91 Å². The summed E-state index contributed by atoms with van der Waals surface area (Å²) >= 11 is 0. The van der Waals surface area contributed by atoms with Crippen molar-refractivity contribution in [1.29, 1.82) is 0 Å². The Labute approximate surface area is 131 Å². The Morgan fingerprint density at radius 3 is 2.55 bits per heavy atom. The first-order valence-corrected chi connectivity index (χ1v) is 8.04. The molecule has 1 aromatic heterocycles. The fourth-order valence-electron chi connectivity index (χ4n) is 3.61. The third kappa shape index (κ3) is 3.30. The van der Waals surface area contributed by atoms with E-state index >= 15 is 0 Å². The molecule has 2 aliphatic rings. The Kier molecular flexibility index (Phi) is 4.44. The second kappa shape index (κ2) is 6.34. The van der Waals surface area contributed by atoms with Crippen LogP contribution in [-0.4, -0.2) is 76.1 Å². The molecule has 2 saturated heterocycles. The predicted molar refractivity (Wildman–Crippen MR) is 81.1 cm³/mol. The van der Waals surface area contributed by atoms with E-state index in [2.05, 4.69) is 26.9 Å². The molecule has 0 N–H and O–H groups in total. The monoisotopic (exact) mass is 307 g/mol. The van der Waals surface area contributed by atoms with Gasteiger partial charge >= 0.3 is 0 Å². The first-order chi connectivity index (χ1) is 10.5. The smallest absolute Gasteiger partial charge is 0.230 e. The van der Waals surface area contributed by atoms with E-state index in [0.717, 1.165) is 45.8 Å². The highest BCUT2D eigenvalue weighted by Gasteiger charge is 2.35. The molecule has 7 nitrogen and oxygen atoms in total. The number of carbonyl (C=O) groups is 1. The van der Waals surface area contributed by atoms with Crippen LogP contribution in [0.5, 0.6) is 0 Å². The first-order valence-electron chi connectivity index (χ1n) is 8.04. The van der Waals surface area contributed by atoms with Crippen molar-refractivity contribution in [1.82, 2.24) is 24.9 Å². The maximum atomic E-state index is 11.4. The van der Waals surface area contributed by atoms with Gasteiger partial charge in [-0.2, -0.15) is 0 Å². The van der Waals surface area contributed by atoms with Crippen molar-refractivity contribution in [3.05, 3.63) is 11.8 Å². The quantitative estimate of drug-likeness (QED) is 0.803. The SMILES string of the molecule is CC(=O)N1CCN([C@@H]2CN(Cc3nnc(C)o3)C[C@H]2C)CC1. The molecule has 3 heterocycles. The van der Waals surface area contributed by atoms with Crippen LogP contribution in [0.2, 0.25) is 0 Å². The molecule has 2 fully saturated rings. The number of aryl methyl sites for hydroxylation is 1. The summed E-state index contributed by atoms with van der Waals surface area (Å²) < 4.78 is 5.48. The summed E-state index contributed by atoms with van der Waals surface area (Å²) in [5, 5.41) is 7.98. The Balaban J connectivity index is 1.54. The largest absolute Gasteiger partial charge is 0.424 e. The van der Waals surface area contributed by atoms with Crippen LogP contribution in [0.25, 0.3) is 0 Å². The highest BCUT2D eigenvalue weighted by Crippen LogP contribution is 2.24. The number of likely N-dealkylation sites (tertiary alicyclic amines) is 1. The number of piperazine rings is 1. The van der Waals surface area contributed by atoms with Crippen LogP contribution in [0.15, 0.2) is 4.42 Å². The van der Waals surface area contributed by atoms with Crippen molar-refractivity contribution < 1.29 is 9.21 Å². The van der Waals surface area contributed by atoms with E-state index in [1.807, 2.05) is 11.8 Å². The fraction of sp³-hybridized carbons (Fsp3) is 0.800. The van der Waals surface area contributed by atoms with Gasteiger partial charge in [-0.25, -0.2) is 0 Å². The number of rotatable bonds is 3. The Hall–Kier alpha value is -1.47. The number of hydrogen-bond donors (Lipinski definition) is 0. The molecule has 2 atom stereocenters. The Bertz CT molecular complexity index is 524. The van der Waals surface area contributed by atoms with E-state index in [1.54, 1.807) is 6.92 Å². The highest BCUT2D eigenvalue weighted by atomic mass is 16.4. The van der Waals surface area contributed by atoms with Crippen LogP contribution in [0.3, 0.4) is 0 Å². The number of aromatic nitrogens is 2. The van der Waals surface area contributed by atoms with Gasteiger partial charge in [-0.3, -0.25) is 14.6 Å². The molecular formula is C15H25N5O2. The summed E-state index contributed by atoms with van der Waals surface area (Å²) in [5.41, 5.74) is 0. The summed E-state index contributed by atoms with van der Waals surface area (Å²) in [7, 11) is 0. The van der Waals surface area contributed by atoms with Gasteiger partial charge in [0.05, 0.1) is 6.54 Å². The van der Waals surface area contributed by atoms with E-state index in [9.17, 15) is 4.79 Å². The van der Waals surface area contributed by atoms with Gasteiger partial charge in [0.1, 0.15) is 0 Å². The van der Waals surface area contributed by atoms with Gasteiger partial charge in [-0.1, -0.05) is 6.92 Å². The molecule has 0 radical (unpaired) electrons. The van der Waals surface area contributed by atoms with Gasteiger partial charge in [-0.15, -0.1) is 10.2 Å². The Morgan fingerprint density at radius 1 is 1.23 bits per heavy atom. The molecule has 0 unspecified atom stereocenters. The normalized spacial score (nSPS) is 27.5. The molecule has 0 spiro atoms. The van der Waals surface area contributed by atoms with Gasteiger partial charge in [-0.05, 0) is 5.92 Å². The zero-order valence-corrected chi connectivity index (χ0v) is 13.7. The topological polar surface area (TPSA) is 65.7 Å². The maximum Gasteiger partial charge on any atom is 0.230 e. The van der Waals surface area contributed by atoms with Crippen LogP contribution >= 0.6 is 0 Å². The third-order valence-electron chi connectivity index (χ3n) is 4.80. The number of amides is 1. The molecule has 0 bridgehead atoms. The van der Waals surface area contributed by atoms with Crippen LogP contribution in [0.4, 0.5) is 0 Å². The molecule has 1 aromatic rings. The summed E-state index contributed by atoms with van der Waals surface area (Å²) in [5.74, 6) is 2.13. The molecule has 7 heteroatoms. The van der Waals surface area contributed by atoms with Gasteiger partial charge in [0, 0.05) is 59.2 Å². The minimum Gasteiger partial charge on any atom is -0.424 e. The second-order valence-corrected chi connectivity index (χ2v) is 6.50. The fourth-order valence-corrected chi connectivity index (χ4v) is 3.61. The molecule has 0 aliphatic carbocycles. The van der Waals surface area contributed by atoms with E-state index in [-0.39, 0.29) is 5.91 Å². The minimum atomic E-state index is 0.188. The zero-order chi connectivity index (χ0) is 15.7. The molecule has 0 aromatic carbocycles. The molecule has 2 aliphatic heterocycles. The minimum absolute atomic E-state index is 0.188. The van der Waals surface area contributed by atoms with Crippen molar-refractivity contribution in [3.63, 3.8) is 0 Å². The van der Waals surface area contributed by atoms with Crippen LogP contribution in [0, 0.1) is 12.8 Å². The van der Waals surface area contributed by atoms with Gasteiger partial charge < -0.3 is 9.32 Å². The number of nitrogens with zero attached hydrogens (tertiary/aromatic N) is 5. The summed E-state index contributed by atoms with van der Waals surface area (Å²) in [4.78, 5) is 18.3. The van der Waals surface area contributed by atoms with Gasteiger partial charge in [0.2, 0.25) is 17.7 Å². The highest BCUT2D eigenvalue weighted by molar-refractivity contribution is 5.73. The summed E-state index contributed by atoms with van der Waals surface area (Å²) in [6.07, 6.45) is 0. The zero-order valence-electron chi connectivity index (χ0n) is 13.7. The van der Waals surface area contributed by atoms with Crippen LogP contribution in [-0.2, 0) is 11.3 Å². The summed E-state index contributed by atoms with van der Waals surface area (Å²) in [6.45, 7) is 12.2. The third-order valence-corrected chi connectivity index (χ3v) is 4.80. The van der Waals surface area contributed by atoms with E-state index in [0.29, 0.717) is 23.7 Å². The average molecular weight is 307 g/mol. The standard InChI is InChI=1S/C15H25N5O2/c1-11-8-18(10-15-17-16-12(2)22-15)9-14(11)20-6-4-19(5-7-20)13(3)21/h11,14H,4-10H2,1-3H3/t11-,14-/m1/s1. The second-order valence-electron chi connectivity index (χ2n) is 6.50. The number of hydrogen-bond acceptors (Lipinski definition) is 6. The lowest BCUT2D eigenvalue weighted by molar-refractivity contribution is -0.130. The molecular weight excluding hydrogens is 282 g/mol. The lowest BCUT2D eigenvalue weighted by atomic mass is 10.0. The van der Waals surface area contributed by atoms with Gasteiger partial charge in [0.15, 0.2) is 0 Å². The van der Waals surface area contributed by atoms with Crippen LogP contribution < -0.4 is 0 Å². The molecule has 3 rings (SSSR count). The molecule has 0 saturated carbocycles. The lowest BCUT2D eigenvalue weighted by Gasteiger charge is -2.39. The molecule has 122 valence electrons. The van der Waals surface area contributed by atoms with Crippen molar-refractivity contribution in [2.24, 2.45) is 5.92 Å². The van der Waals surface area contributed by atoms with E-state index < -0.39 is 0 Å². The number of carbonyl (C=O) groups excluding carboxylic acids is 1. The van der Waals surface area contributed by atoms with E-state index in [1.165, 1.54) is 0 Å². The van der Waals surface area contributed by atoms with Crippen molar-refractivity contribution in [2.45, 2.75) is 33.4 Å². The Morgan fingerprint density at radius 2 is 1.95 bits per heavy atom. The van der Waals surface area contributed by atoms with Crippen LogP contribution in [0.1, 0.15) is 25.6 Å². The average Bonchev–Trinajstić information content (AvgIpc) is 3.05. The molecule has 22 heavy (non-hydrogen) atoms. The maximum absolute atomic E-state index is 11.4. The first kappa shape index (κ1) is 15.4. The lowest BCUT2D eigenvalue weighted by Crippen LogP contribution is -2.53. The summed E-state index contributed by atoms with van der Waals surface area (Å²) in [6, 6.07) is 0.554. The van der Waals surface area contributed by atoms with Gasteiger partial charge in [0.25, 0.3) is 0 Å². The molecule has 1 amide bonds.